The Morgan fingerprint density at radius 1 is 1.73 bits per heavy atom. The lowest BCUT2D eigenvalue weighted by Gasteiger charge is -1.97. The fourth-order valence-electron chi connectivity index (χ4n) is 0.672. The maximum absolute atomic E-state index is 8.40. The fraction of sp³-hybridized carbons (Fsp3) is 0.143. The fourth-order valence-corrected chi connectivity index (χ4v) is 1.21. The van der Waals surface area contributed by atoms with Crippen molar-refractivity contribution in [2.24, 2.45) is 0 Å². The summed E-state index contributed by atoms with van der Waals surface area (Å²) in [6.07, 6.45) is 1.94. The molecule has 0 bridgehead atoms. The zero-order valence-electron chi connectivity index (χ0n) is 5.51. The molecule has 0 aliphatic rings. The van der Waals surface area contributed by atoms with E-state index in [1.54, 1.807) is 12.3 Å². The average molecular weight is 231 g/mol. The minimum Gasteiger partial charge on any atom is -0.243 e. The van der Waals surface area contributed by atoms with Gasteiger partial charge in [0, 0.05) is 10.7 Å². The molecular formula is C7H4BrClN2. The van der Waals surface area contributed by atoms with E-state index in [1.165, 1.54) is 0 Å². The van der Waals surface area contributed by atoms with Crippen molar-refractivity contribution in [3.63, 3.8) is 0 Å². The summed E-state index contributed by atoms with van der Waals surface area (Å²) < 4.78 is 0.823. The highest BCUT2D eigenvalue weighted by atomic mass is 79.9. The number of hydrogen-bond acceptors (Lipinski definition) is 2. The first-order valence-corrected chi connectivity index (χ1v) is 4.08. The lowest BCUT2D eigenvalue weighted by molar-refractivity contribution is 1.19. The van der Waals surface area contributed by atoms with Crippen LogP contribution in [-0.2, 0) is 6.42 Å². The van der Waals surface area contributed by atoms with Crippen LogP contribution in [0, 0.1) is 11.3 Å². The van der Waals surface area contributed by atoms with Gasteiger partial charge in [-0.3, -0.25) is 0 Å². The number of rotatable bonds is 1. The van der Waals surface area contributed by atoms with Gasteiger partial charge < -0.3 is 0 Å². The summed E-state index contributed by atoms with van der Waals surface area (Å²) >= 11 is 8.87. The molecule has 0 fully saturated rings. The second-order valence-electron chi connectivity index (χ2n) is 1.93. The van der Waals surface area contributed by atoms with Gasteiger partial charge in [0.15, 0.2) is 0 Å². The van der Waals surface area contributed by atoms with E-state index < -0.39 is 0 Å². The highest BCUT2D eigenvalue weighted by molar-refractivity contribution is 9.10. The highest BCUT2D eigenvalue weighted by Gasteiger charge is 1.99. The first-order chi connectivity index (χ1) is 5.24. The number of aromatic nitrogens is 1. The summed E-state index contributed by atoms with van der Waals surface area (Å²) in [5.41, 5.74) is 0.868. The number of halogens is 2. The van der Waals surface area contributed by atoms with Crippen LogP contribution in [0.5, 0.6) is 0 Å². The quantitative estimate of drug-likeness (QED) is 0.697. The zero-order chi connectivity index (χ0) is 8.27. The van der Waals surface area contributed by atoms with Crippen molar-refractivity contribution in [1.82, 2.24) is 4.98 Å². The molecular weight excluding hydrogens is 227 g/mol. The van der Waals surface area contributed by atoms with Gasteiger partial charge in [-0.25, -0.2) is 4.98 Å². The van der Waals surface area contributed by atoms with Gasteiger partial charge in [0.2, 0.25) is 0 Å². The number of nitriles is 1. The number of nitrogens with zero attached hydrogens (tertiary/aromatic N) is 2. The Morgan fingerprint density at radius 3 is 3.09 bits per heavy atom. The molecule has 1 aromatic heterocycles. The lowest BCUT2D eigenvalue weighted by Crippen LogP contribution is -1.85. The van der Waals surface area contributed by atoms with E-state index in [9.17, 15) is 0 Å². The van der Waals surface area contributed by atoms with Crippen LogP contribution in [0.4, 0.5) is 0 Å². The largest absolute Gasteiger partial charge is 0.243 e. The summed E-state index contributed by atoms with van der Waals surface area (Å²) in [6.45, 7) is 0. The van der Waals surface area contributed by atoms with Crippen molar-refractivity contribution >= 4 is 27.5 Å². The molecule has 4 heteroatoms. The third-order valence-corrected chi connectivity index (χ3v) is 2.09. The van der Waals surface area contributed by atoms with Crippen molar-refractivity contribution in [3.05, 3.63) is 27.5 Å². The summed E-state index contributed by atoms with van der Waals surface area (Å²) in [6, 6.07) is 3.71. The molecule has 2 nitrogen and oxygen atoms in total. The minimum atomic E-state index is 0.350. The Bertz CT molecular complexity index is 306. The van der Waals surface area contributed by atoms with E-state index in [0.717, 1.165) is 10.0 Å². The first kappa shape index (κ1) is 8.51. The highest BCUT2D eigenvalue weighted by Crippen LogP contribution is 2.18. The standard InChI is InChI=1S/C7H4BrClN2/c8-6-4-11-7(9)3-5(6)1-2-10/h3-4H,1H2. The molecule has 0 aromatic carbocycles. The Balaban J connectivity index is 3.05. The second-order valence-corrected chi connectivity index (χ2v) is 3.17. The van der Waals surface area contributed by atoms with Gasteiger partial charge in [-0.2, -0.15) is 5.26 Å². The minimum absolute atomic E-state index is 0.350. The van der Waals surface area contributed by atoms with E-state index in [-0.39, 0.29) is 0 Å². The Kier molecular flexibility index (Phi) is 2.86. The SMILES string of the molecule is N#CCc1cc(Cl)ncc1Br. The van der Waals surface area contributed by atoms with Crippen molar-refractivity contribution < 1.29 is 0 Å². The van der Waals surface area contributed by atoms with Gasteiger partial charge in [0.25, 0.3) is 0 Å². The van der Waals surface area contributed by atoms with E-state index >= 15 is 0 Å². The smallest absolute Gasteiger partial charge is 0.129 e. The number of hydrogen-bond donors (Lipinski definition) is 0. The molecule has 0 N–H and O–H groups in total. The maximum atomic E-state index is 8.40. The van der Waals surface area contributed by atoms with E-state index in [4.69, 9.17) is 16.9 Å². The van der Waals surface area contributed by atoms with Crippen LogP contribution >= 0.6 is 27.5 Å². The predicted octanol–water partition coefficient (Wildman–Crippen LogP) is 2.56. The topological polar surface area (TPSA) is 36.7 Å². The number of pyridine rings is 1. The van der Waals surface area contributed by atoms with Crippen LogP contribution in [0.2, 0.25) is 5.15 Å². The van der Waals surface area contributed by atoms with Crippen LogP contribution in [0.3, 0.4) is 0 Å². The summed E-state index contributed by atoms with van der Waals surface area (Å²) in [5.74, 6) is 0. The van der Waals surface area contributed by atoms with Crippen LogP contribution in [0.1, 0.15) is 5.56 Å². The summed E-state index contributed by atoms with van der Waals surface area (Å²) in [4.78, 5) is 3.83. The molecule has 1 heterocycles. The van der Waals surface area contributed by atoms with Gasteiger partial charge in [0.05, 0.1) is 12.5 Å². The monoisotopic (exact) mass is 230 g/mol. The predicted molar refractivity (Wildman–Crippen MR) is 46.3 cm³/mol. The van der Waals surface area contributed by atoms with Gasteiger partial charge >= 0.3 is 0 Å². The molecule has 0 radical (unpaired) electrons. The molecule has 0 atom stereocenters. The molecule has 56 valence electrons. The molecule has 0 saturated heterocycles. The molecule has 1 aromatic rings. The van der Waals surface area contributed by atoms with Crippen LogP contribution < -0.4 is 0 Å². The van der Waals surface area contributed by atoms with Crippen LogP contribution in [0.15, 0.2) is 16.7 Å². The normalized spacial score (nSPS) is 9.18. The van der Waals surface area contributed by atoms with Gasteiger partial charge in [-0.15, -0.1) is 0 Å². The van der Waals surface area contributed by atoms with E-state index in [2.05, 4.69) is 20.9 Å². The van der Waals surface area contributed by atoms with Crippen molar-refractivity contribution in [2.45, 2.75) is 6.42 Å². The molecule has 0 spiro atoms. The molecule has 0 unspecified atom stereocenters. The third-order valence-electron chi connectivity index (χ3n) is 1.17. The molecule has 0 amide bonds. The van der Waals surface area contributed by atoms with E-state index in [1.807, 2.05) is 6.07 Å². The third kappa shape index (κ3) is 2.18. The molecule has 0 saturated carbocycles. The Labute approximate surface area is 77.9 Å². The van der Waals surface area contributed by atoms with Crippen LogP contribution in [-0.4, -0.2) is 4.98 Å². The molecule has 1 rings (SSSR count). The second kappa shape index (κ2) is 3.70. The molecule has 11 heavy (non-hydrogen) atoms. The zero-order valence-corrected chi connectivity index (χ0v) is 7.85. The first-order valence-electron chi connectivity index (χ1n) is 2.91. The van der Waals surface area contributed by atoms with Crippen molar-refractivity contribution in [1.29, 1.82) is 5.26 Å². The lowest BCUT2D eigenvalue weighted by atomic mass is 10.2. The Hall–Kier alpha value is -0.590. The maximum Gasteiger partial charge on any atom is 0.129 e. The van der Waals surface area contributed by atoms with Gasteiger partial charge in [-0.05, 0) is 27.6 Å². The van der Waals surface area contributed by atoms with Crippen molar-refractivity contribution in [3.8, 4) is 6.07 Å². The molecule has 0 aliphatic heterocycles. The molecule has 0 aliphatic carbocycles. The average Bonchev–Trinajstić information content (AvgIpc) is 1.98. The summed E-state index contributed by atoms with van der Waals surface area (Å²) in [5, 5.41) is 8.82. The summed E-state index contributed by atoms with van der Waals surface area (Å²) in [7, 11) is 0. The Morgan fingerprint density at radius 2 is 2.45 bits per heavy atom. The van der Waals surface area contributed by atoms with Gasteiger partial charge in [-0.1, -0.05) is 11.6 Å². The van der Waals surface area contributed by atoms with Crippen LogP contribution in [0.25, 0.3) is 0 Å². The van der Waals surface area contributed by atoms with Gasteiger partial charge in [0.1, 0.15) is 5.15 Å². The van der Waals surface area contributed by atoms with E-state index in [0.29, 0.717) is 11.6 Å². The van der Waals surface area contributed by atoms with Crippen molar-refractivity contribution in [2.75, 3.05) is 0 Å².